The quantitative estimate of drug-likeness (QED) is 0.243. The molecule has 0 saturated carbocycles. The van der Waals surface area contributed by atoms with Crippen LogP contribution in [0.4, 0.5) is 0 Å². The van der Waals surface area contributed by atoms with E-state index < -0.39 is 0 Å². The van der Waals surface area contributed by atoms with Gasteiger partial charge in [0.05, 0.1) is 6.61 Å². The number of halogens is 1. The van der Waals surface area contributed by atoms with Crippen LogP contribution in [0.15, 0.2) is 29.3 Å². The first-order valence-corrected chi connectivity index (χ1v) is 10.0. The second kappa shape index (κ2) is 14.0. The highest BCUT2D eigenvalue weighted by Gasteiger charge is 2.19. The molecule has 28 heavy (non-hydrogen) atoms. The topological polar surface area (TPSA) is 49.3 Å². The van der Waals surface area contributed by atoms with Crippen LogP contribution in [0.3, 0.4) is 0 Å². The summed E-state index contributed by atoms with van der Waals surface area (Å²) in [4.78, 5) is 9.36. The smallest absolute Gasteiger partial charge is 0.194 e. The maximum Gasteiger partial charge on any atom is 0.194 e. The van der Waals surface area contributed by atoms with Crippen LogP contribution < -0.4 is 10.1 Å². The third-order valence-electron chi connectivity index (χ3n) is 4.62. The van der Waals surface area contributed by atoms with Crippen LogP contribution >= 0.6 is 24.0 Å². The Hall–Kier alpha value is -1.06. The van der Waals surface area contributed by atoms with E-state index in [1.807, 2.05) is 19.2 Å². The zero-order valence-electron chi connectivity index (χ0n) is 17.8. The number of guanidine groups is 1. The number of methoxy groups -OCH3 is 1. The molecule has 0 bridgehead atoms. The standard InChI is InChI=1S/C21H36N4O2.HI/c1-18(2)17-24-9-11-25(12-10-24)21(22-3)23-16-19-7-5-8-20(15-19)27-14-6-13-26-4;/h5,7-8,15,18H,6,9-14,16-17H2,1-4H3,(H,22,23);1H. The molecule has 0 unspecified atom stereocenters. The van der Waals surface area contributed by atoms with Gasteiger partial charge in [-0.2, -0.15) is 0 Å². The highest BCUT2D eigenvalue weighted by molar-refractivity contribution is 14.0. The lowest BCUT2D eigenvalue weighted by molar-refractivity contribution is 0.164. The molecule has 6 nitrogen and oxygen atoms in total. The second-order valence-electron chi connectivity index (χ2n) is 7.42. The van der Waals surface area contributed by atoms with Gasteiger partial charge < -0.3 is 19.7 Å². The van der Waals surface area contributed by atoms with Gasteiger partial charge in [-0.3, -0.25) is 9.89 Å². The van der Waals surface area contributed by atoms with Crippen molar-refractivity contribution in [3.8, 4) is 5.75 Å². The SMILES string of the molecule is CN=C(NCc1cccc(OCCCOC)c1)N1CCN(CC(C)C)CC1.I. The Kier molecular flexibility index (Phi) is 12.5. The minimum Gasteiger partial charge on any atom is -0.493 e. The van der Waals surface area contributed by atoms with Crippen LogP contribution in [0.1, 0.15) is 25.8 Å². The lowest BCUT2D eigenvalue weighted by Gasteiger charge is -2.37. The molecule has 0 spiro atoms. The molecule has 1 heterocycles. The fraction of sp³-hybridized carbons (Fsp3) is 0.667. The van der Waals surface area contributed by atoms with Gasteiger partial charge in [-0.15, -0.1) is 24.0 Å². The van der Waals surface area contributed by atoms with E-state index in [0.717, 1.165) is 63.4 Å². The Morgan fingerprint density at radius 3 is 2.57 bits per heavy atom. The molecule has 1 aromatic rings. The van der Waals surface area contributed by atoms with Gasteiger partial charge in [0.2, 0.25) is 0 Å². The number of benzene rings is 1. The molecule has 0 aliphatic carbocycles. The number of piperazine rings is 1. The summed E-state index contributed by atoms with van der Waals surface area (Å²) in [6, 6.07) is 8.24. The predicted octanol–water partition coefficient (Wildman–Crippen LogP) is 3.07. The first kappa shape index (κ1) is 25.0. The van der Waals surface area contributed by atoms with E-state index in [9.17, 15) is 0 Å². The number of rotatable bonds is 9. The minimum absolute atomic E-state index is 0. The van der Waals surface area contributed by atoms with Crippen LogP contribution in [0.25, 0.3) is 0 Å². The van der Waals surface area contributed by atoms with Crippen molar-refractivity contribution < 1.29 is 9.47 Å². The highest BCUT2D eigenvalue weighted by Crippen LogP contribution is 2.14. The minimum atomic E-state index is 0. The van der Waals surface area contributed by atoms with Crippen molar-refractivity contribution in [3.05, 3.63) is 29.8 Å². The van der Waals surface area contributed by atoms with Gasteiger partial charge in [-0.1, -0.05) is 26.0 Å². The van der Waals surface area contributed by atoms with Crippen LogP contribution in [0, 0.1) is 5.92 Å². The van der Waals surface area contributed by atoms with Gasteiger partial charge in [0.15, 0.2) is 5.96 Å². The Morgan fingerprint density at radius 2 is 1.93 bits per heavy atom. The molecule has 2 rings (SSSR count). The Labute approximate surface area is 187 Å². The van der Waals surface area contributed by atoms with Gasteiger partial charge >= 0.3 is 0 Å². The molecule has 0 amide bonds. The number of ether oxygens (including phenoxy) is 2. The molecule has 0 radical (unpaired) electrons. The Bertz CT molecular complexity index is 575. The molecule has 0 atom stereocenters. The van der Waals surface area contributed by atoms with Gasteiger partial charge in [-0.25, -0.2) is 0 Å². The van der Waals surface area contributed by atoms with Gasteiger partial charge in [0.1, 0.15) is 5.75 Å². The number of hydrogen-bond donors (Lipinski definition) is 1. The van der Waals surface area contributed by atoms with Crippen molar-refractivity contribution in [2.24, 2.45) is 10.9 Å². The zero-order valence-corrected chi connectivity index (χ0v) is 20.1. The fourth-order valence-corrected chi connectivity index (χ4v) is 3.31. The van der Waals surface area contributed by atoms with Crippen LogP contribution in [0.2, 0.25) is 0 Å². The van der Waals surface area contributed by atoms with Crippen molar-refractivity contribution >= 4 is 29.9 Å². The molecular weight excluding hydrogens is 467 g/mol. The van der Waals surface area contributed by atoms with Crippen molar-refractivity contribution in [2.75, 3.05) is 60.1 Å². The third kappa shape index (κ3) is 8.96. The molecule has 0 aromatic heterocycles. The third-order valence-corrected chi connectivity index (χ3v) is 4.62. The molecule has 160 valence electrons. The number of nitrogens with one attached hydrogen (secondary N) is 1. The predicted molar refractivity (Wildman–Crippen MR) is 127 cm³/mol. The first-order valence-electron chi connectivity index (χ1n) is 10.0. The molecule has 1 saturated heterocycles. The number of hydrogen-bond acceptors (Lipinski definition) is 4. The highest BCUT2D eigenvalue weighted by atomic mass is 127. The summed E-state index contributed by atoms with van der Waals surface area (Å²) in [5.74, 6) is 2.60. The van der Waals surface area contributed by atoms with Crippen LogP contribution in [-0.4, -0.2) is 75.9 Å². The van der Waals surface area contributed by atoms with Gasteiger partial charge in [0.25, 0.3) is 0 Å². The Morgan fingerprint density at radius 1 is 1.18 bits per heavy atom. The molecule has 1 aliphatic rings. The van der Waals surface area contributed by atoms with Crippen molar-refractivity contribution in [1.82, 2.24) is 15.1 Å². The summed E-state index contributed by atoms with van der Waals surface area (Å²) in [6.07, 6.45) is 0.897. The van der Waals surface area contributed by atoms with Crippen molar-refractivity contribution in [1.29, 1.82) is 0 Å². The summed E-state index contributed by atoms with van der Waals surface area (Å²) >= 11 is 0. The average Bonchev–Trinajstić information content (AvgIpc) is 2.67. The molecule has 1 N–H and O–H groups in total. The first-order chi connectivity index (χ1) is 13.1. The van der Waals surface area contributed by atoms with Crippen molar-refractivity contribution in [2.45, 2.75) is 26.8 Å². The fourth-order valence-electron chi connectivity index (χ4n) is 3.31. The van der Waals surface area contributed by atoms with E-state index in [0.29, 0.717) is 6.61 Å². The maximum absolute atomic E-state index is 5.79. The van der Waals surface area contributed by atoms with Gasteiger partial charge in [0, 0.05) is 66.5 Å². The van der Waals surface area contributed by atoms with E-state index in [4.69, 9.17) is 9.47 Å². The summed E-state index contributed by atoms with van der Waals surface area (Å²) in [5.41, 5.74) is 1.19. The zero-order chi connectivity index (χ0) is 19.5. The molecule has 1 fully saturated rings. The molecule has 7 heteroatoms. The van der Waals surface area contributed by atoms with E-state index in [1.54, 1.807) is 7.11 Å². The normalized spacial score (nSPS) is 15.5. The summed E-state index contributed by atoms with van der Waals surface area (Å²) < 4.78 is 10.8. The maximum atomic E-state index is 5.79. The summed E-state index contributed by atoms with van der Waals surface area (Å²) in [6.45, 7) is 12.1. The lowest BCUT2D eigenvalue weighted by atomic mass is 10.2. The summed E-state index contributed by atoms with van der Waals surface area (Å²) in [7, 11) is 3.57. The van der Waals surface area contributed by atoms with Crippen molar-refractivity contribution in [3.63, 3.8) is 0 Å². The molecule has 1 aromatic carbocycles. The number of aliphatic imine (C=N–C) groups is 1. The number of nitrogens with zero attached hydrogens (tertiary/aromatic N) is 3. The van der Waals surface area contributed by atoms with E-state index in [2.05, 4.69) is 46.1 Å². The average molecular weight is 504 g/mol. The van der Waals surface area contributed by atoms with Gasteiger partial charge in [-0.05, 0) is 23.6 Å². The van der Waals surface area contributed by atoms with E-state index in [-0.39, 0.29) is 24.0 Å². The molecule has 1 aliphatic heterocycles. The lowest BCUT2D eigenvalue weighted by Crippen LogP contribution is -2.52. The monoisotopic (exact) mass is 504 g/mol. The summed E-state index contributed by atoms with van der Waals surface area (Å²) in [5, 5.41) is 3.50. The van der Waals surface area contributed by atoms with E-state index in [1.165, 1.54) is 12.1 Å². The van der Waals surface area contributed by atoms with E-state index >= 15 is 0 Å². The second-order valence-corrected chi connectivity index (χ2v) is 7.42. The largest absolute Gasteiger partial charge is 0.493 e. The molecular formula is C21H37IN4O2. The van der Waals surface area contributed by atoms with Crippen LogP contribution in [0.5, 0.6) is 5.75 Å². The Balaban J connectivity index is 0.00000392. The van der Waals surface area contributed by atoms with Crippen LogP contribution in [-0.2, 0) is 11.3 Å².